The van der Waals surface area contributed by atoms with E-state index in [2.05, 4.69) is 17.4 Å². The Morgan fingerprint density at radius 2 is 2.09 bits per heavy atom. The Kier molecular flexibility index (Phi) is 4.42. The number of benzene rings is 1. The molecular formula is C18H25NO4. The molecule has 1 saturated heterocycles. The molecule has 0 spiro atoms. The fourth-order valence-corrected chi connectivity index (χ4v) is 3.38. The molecule has 1 unspecified atom stereocenters. The van der Waals surface area contributed by atoms with E-state index in [1.807, 2.05) is 6.07 Å². The predicted octanol–water partition coefficient (Wildman–Crippen LogP) is 2.58. The summed E-state index contributed by atoms with van der Waals surface area (Å²) >= 11 is 0. The maximum Gasteiger partial charge on any atom is 0.231 e. The number of ether oxygens (including phenoxy) is 4. The van der Waals surface area contributed by atoms with E-state index in [4.69, 9.17) is 18.9 Å². The molecule has 1 aromatic carbocycles. The highest BCUT2D eigenvalue weighted by Crippen LogP contribution is 2.49. The van der Waals surface area contributed by atoms with Gasteiger partial charge < -0.3 is 24.3 Å². The van der Waals surface area contributed by atoms with Gasteiger partial charge in [-0.2, -0.15) is 0 Å². The Bertz CT molecular complexity index is 538. The van der Waals surface area contributed by atoms with Crippen molar-refractivity contribution in [2.24, 2.45) is 0 Å². The first-order valence-corrected chi connectivity index (χ1v) is 8.70. The summed E-state index contributed by atoms with van der Waals surface area (Å²) in [6.45, 7) is 3.74. The Balaban J connectivity index is 1.22. The van der Waals surface area contributed by atoms with Gasteiger partial charge in [-0.1, -0.05) is 6.07 Å². The van der Waals surface area contributed by atoms with E-state index in [1.54, 1.807) is 0 Å². The summed E-state index contributed by atoms with van der Waals surface area (Å²) in [5.74, 6) is 1.74. The predicted molar refractivity (Wildman–Crippen MR) is 85.9 cm³/mol. The van der Waals surface area contributed by atoms with Crippen LogP contribution in [0.2, 0.25) is 0 Å². The second kappa shape index (κ2) is 6.67. The van der Waals surface area contributed by atoms with E-state index in [1.165, 1.54) is 24.8 Å². The second-order valence-corrected chi connectivity index (χ2v) is 6.69. The molecule has 2 fully saturated rings. The molecule has 5 heteroatoms. The third kappa shape index (κ3) is 3.47. The molecule has 126 valence electrons. The summed E-state index contributed by atoms with van der Waals surface area (Å²) < 4.78 is 22.2. The smallest absolute Gasteiger partial charge is 0.231 e. The molecule has 1 N–H and O–H groups in total. The van der Waals surface area contributed by atoms with Gasteiger partial charge in [-0.05, 0) is 49.8 Å². The van der Waals surface area contributed by atoms with E-state index >= 15 is 0 Å². The molecule has 3 aliphatic rings. The molecule has 23 heavy (non-hydrogen) atoms. The van der Waals surface area contributed by atoms with Crippen LogP contribution < -0.4 is 14.8 Å². The quantitative estimate of drug-likeness (QED) is 0.783. The molecule has 0 bridgehead atoms. The van der Waals surface area contributed by atoms with Gasteiger partial charge in [0.15, 0.2) is 17.8 Å². The van der Waals surface area contributed by atoms with Gasteiger partial charge in [0.2, 0.25) is 6.79 Å². The molecule has 0 aromatic heterocycles. The molecule has 0 amide bonds. The third-order valence-corrected chi connectivity index (χ3v) is 5.02. The van der Waals surface area contributed by atoms with Crippen LogP contribution in [0.4, 0.5) is 0 Å². The van der Waals surface area contributed by atoms with Gasteiger partial charge in [-0.15, -0.1) is 0 Å². The number of fused-ring (bicyclic) bond motifs is 1. The highest BCUT2D eigenvalue weighted by atomic mass is 16.7. The van der Waals surface area contributed by atoms with Crippen LogP contribution in [-0.2, 0) is 14.9 Å². The minimum absolute atomic E-state index is 0.00861. The molecule has 1 aromatic rings. The average molecular weight is 319 g/mol. The maximum atomic E-state index is 5.76. The first-order valence-electron chi connectivity index (χ1n) is 8.70. The first kappa shape index (κ1) is 15.2. The Hall–Kier alpha value is -1.30. The summed E-state index contributed by atoms with van der Waals surface area (Å²) in [5, 5.41) is 3.54. The fourth-order valence-electron chi connectivity index (χ4n) is 3.38. The molecule has 1 aliphatic carbocycles. The highest BCUT2D eigenvalue weighted by Gasteiger charge is 2.44. The highest BCUT2D eigenvalue weighted by molar-refractivity contribution is 5.48. The summed E-state index contributed by atoms with van der Waals surface area (Å²) in [6, 6.07) is 6.35. The second-order valence-electron chi connectivity index (χ2n) is 6.69. The molecule has 4 rings (SSSR count). The largest absolute Gasteiger partial charge is 0.454 e. The standard InChI is InChI=1S/C18H25NO4/c1-2-9-20-17(3-1)21-10-8-19-12-18(6-7-18)14-4-5-15-16(11-14)23-13-22-15/h4-5,11,17,19H,1-3,6-10,12-13H2. The van der Waals surface area contributed by atoms with Crippen LogP contribution in [0.1, 0.15) is 37.7 Å². The van der Waals surface area contributed by atoms with Crippen molar-refractivity contribution in [3.8, 4) is 11.5 Å². The van der Waals surface area contributed by atoms with Gasteiger partial charge in [-0.25, -0.2) is 0 Å². The summed E-state index contributed by atoms with van der Waals surface area (Å²) in [5.41, 5.74) is 1.62. The molecule has 5 nitrogen and oxygen atoms in total. The zero-order valence-corrected chi connectivity index (χ0v) is 13.5. The third-order valence-electron chi connectivity index (χ3n) is 5.02. The van der Waals surface area contributed by atoms with E-state index in [9.17, 15) is 0 Å². The minimum atomic E-state index is 0.00861. The van der Waals surface area contributed by atoms with Crippen LogP contribution in [0.15, 0.2) is 18.2 Å². The van der Waals surface area contributed by atoms with E-state index in [-0.39, 0.29) is 11.7 Å². The molecule has 2 aliphatic heterocycles. The zero-order valence-electron chi connectivity index (χ0n) is 13.5. The first-order chi connectivity index (χ1) is 11.4. The molecular weight excluding hydrogens is 294 g/mol. The number of nitrogens with one attached hydrogen (secondary N) is 1. The van der Waals surface area contributed by atoms with Gasteiger partial charge in [-0.3, -0.25) is 0 Å². The summed E-state index contributed by atoms with van der Waals surface area (Å²) in [6.07, 6.45) is 5.87. The monoisotopic (exact) mass is 319 g/mol. The van der Waals surface area contributed by atoms with Crippen LogP contribution >= 0.6 is 0 Å². The van der Waals surface area contributed by atoms with Gasteiger partial charge >= 0.3 is 0 Å². The van der Waals surface area contributed by atoms with Crippen molar-refractivity contribution in [3.05, 3.63) is 23.8 Å². The lowest BCUT2D eigenvalue weighted by molar-refractivity contribution is -0.161. The van der Waals surface area contributed by atoms with Crippen molar-refractivity contribution < 1.29 is 18.9 Å². The van der Waals surface area contributed by atoms with Crippen molar-refractivity contribution in [3.63, 3.8) is 0 Å². The van der Waals surface area contributed by atoms with Crippen molar-refractivity contribution >= 4 is 0 Å². The van der Waals surface area contributed by atoms with E-state index in [0.717, 1.165) is 44.0 Å². The van der Waals surface area contributed by atoms with Crippen LogP contribution in [0.5, 0.6) is 11.5 Å². The summed E-state index contributed by atoms with van der Waals surface area (Å²) in [4.78, 5) is 0. The Labute approximate surface area is 137 Å². The van der Waals surface area contributed by atoms with Crippen molar-refractivity contribution in [1.29, 1.82) is 0 Å². The van der Waals surface area contributed by atoms with Gasteiger partial charge in [0.25, 0.3) is 0 Å². The van der Waals surface area contributed by atoms with Crippen LogP contribution in [-0.4, -0.2) is 39.4 Å². The zero-order chi connectivity index (χ0) is 15.5. The molecule has 0 radical (unpaired) electrons. The number of hydrogen-bond donors (Lipinski definition) is 1. The lowest BCUT2D eigenvalue weighted by Gasteiger charge is -2.23. The van der Waals surface area contributed by atoms with Crippen molar-refractivity contribution in [2.45, 2.75) is 43.8 Å². The topological polar surface area (TPSA) is 49.0 Å². The lowest BCUT2D eigenvalue weighted by Crippen LogP contribution is -2.31. The van der Waals surface area contributed by atoms with Gasteiger partial charge in [0.1, 0.15) is 0 Å². The Morgan fingerprint density at radius 1 is 1.17 bits per heavy atom. The number of rotatable bonds is 7. The van der Waals surface area contributed by atoms with E-state index in [0.29, 0.717) is 13.4 Å². The van der Waals surface area contributed by atoms with Crippen LogP contribution in [0.3, 0.4) is 0 Å². The fraction of sp³-hybridized carbons (Fsp3) is 0.667. The maximum absolute atomic E-state index is 5.76. The average Bonchev–Trinajstić information content (AvgIpc) is 3.23. The summed E-state index contributed by atoms with van der Waals surface area (Å²) in [7, 11) is 0. The normalized spacial score (nSPS) is 24.6. The van der Waals surface area contributed by atoms with E-state index < -0.39 is 0 Å². The van der Waals surface area contributed by atoms with Gasteiger partial charge in [0, 0.05) is 25.1 Å². The minimum Gasteiger partial charge on any atom is -0.454 e. The molecule has 1 saturated carbocycles. The van der Waals surface area contributed by atoms with Crippen molar-refractivity contribution in [1.82, 2.24) is 5.32 Å². The van der Waals surface area contributed by atoms with Gasteiger partial charge in [0.05, 0.1) is 6.61 Å². The SMILES string of the molecule is c1cc2c(cc1C1(CNCCOC3CCCCO3)CC1)OCO2. The molecule has 2 heterocycles. The van der Waals surface area contributed by atoms with Crippen LogP contribution in [0.25, 0.3) is 0 Å². The van der Waals surface area contributed by atoms with Crippen molar-refractivity contribution in [2.75, 3.05) is 33.1 Å². The lowest BCUT2D eigenvalue weighted by atomic mass is 9.95. The Morgan fingerprint density at radius 3 is 2.91 bits per heavy atom. The molecule has 1 atom stereocenters. The number of hydrogen-bond acceptors (Lipinski definition) is 5. The van der Waals surface area contributed by atoms with Crippen LogP contribution in [0, 0.1) is 0 Å².